The Morgan fingerprint density at radius 2 is 2.15 bits per heavy atom. The number of piperidine rings is 1. The SMILES string of the molecule is NC(N)=N[C@H]1CC[C@@H](C(=O)O)NC1. The Labute approximate surface area is 76.0 Å². The van der Waals surface area contributed by atoms with Gasteiger partial charge in [0.25, 0.3) is 0 Å². The van der Waals surface area contributed by atoms with Gasteiger partial charge in [0.15, 0.2) is 5.96 Å². The lowest BCUT2D eigenvalue weighted by Gasteiger charge is -2.24. The van der Waals surface area contributed by atoms with Crippen molar-refractivity contribution in [1.82, 2.24) is 5.32 Å². The Morgan fingerprint density at radius 3 is 2.54 bits per heavy atom. The topological polar surface area (TPSA) is 114 Å². The van der Waals surface area contributed by atoms with Gasteiger partial charge in [0, 0.05) is 6.54 Å². The van der Waals surface area contributed by atoms with E-state index in [1.54, 1.807) is 0 Å². The number of carboxylic acids is 1. The number of carbonyl (C=O) groups is 1. The van der Waals surface area contributed by atoms with Gasteiger partial charge < -0.3 is 21.9 Å². The number of hydrogen-bond donors (Lipinski definition) is 4. The normalized spacial score (nSPS) is 28.0. The van der Waals surface area contributed by atoms with Crippen LogP contribution in [0.25, 0.3) is 0 Å². The molecule has 2 atom stereocenters. The standard InChI is InChI=1S/C7H14N4O2/c8-7(9)11-4-1-2-5(6(12)13)10-3-4/h4-5,10H,1-3H2,(H,12,13)(H4,8,9,11)/t4-,5-/m0/s1. The molecule has 1 saturated heterocycles. The lowest BCUT2D eigenvalue weighted by atomic mass is 10.0. The number of hydrogen-bond acceptors (Lipinski definition) is 3. The fourth-order valence-electron chi connectivity index (χ4n) is 1.37. The summed E-state index contributed by atoms with van der Waals surface area (Å²) in [6.45, 7) is 0.523. The Bertz CT molecular complexity index is 217. The van der Waals surface area contributed by atoms with Gasteiger partial charge in [-0.3, -0.25) is 4.79 Å². The van der Waals surface area contributed by atoms with Crippen molar-refractivity contribution in [1.29, 1.82) is 0 Å². The Morgan fingerprint density at radius 1 is 1.46 bits per heavy atom. The molecule has 1 heterocycles. The fourth-order valence-corrected chi connectivity index (χ4v) is 1.37. The van der Waals surface area contributed by atoms with Crippen LogP contribution in [0.1, 0.15) is 12.8 Å². The van der Waals surface area contributed by atoms with E-state index < -0.39 is 12.0 Å². The quantitative estimate of drug-likeness (QED) is 0.308. The highest BCUT2D eigenvalue weighted by Crippen LogP contribution is 2.10. The molecule has 0 aliphatic carbocycles. The zero-order chi connectivity index (χ0) is 9.84. The molecule has 0 aromatic rings. The maximum atomic E-state index is 10.5. The van der Waals surface area contributed by atoms with Crippen molar-refractivity contribution >= 4 is 11.9 Å². The molecular weight excluding hydrogens is 172 g/mol. The number of nitrogens with zero attached hydrogens (tertiary/aromatic N) is 1. The van der Waals surface area contributed by atoms with Gasteiger partial charge in [-0.25, -0.2) is 4.99 Å². The van der Waals surface area contributed by atoms with Crippen LogP contribution in [0.3, 0.4) is 0 Å². The average molecular weight is 186 g/mol. The summed E-state index contributed by atoms with van der Waals surface area (Å²) in [5.41, 5.74) is 10.4. The van der Waals surface area contributed by atoms with Crippen LogP contribution in [0.15, 0.2) is 4.99 Å². The Kier molecular flexibility index (Phi) is 3.07. The summed E-state index contributed by atoms with van der Waals surface area (Å²) in [7, 11) is 0. The molecule has 1 aliphatic rings. The number of carboxylic acid groups (broad SMARTS) is 1. The smallest absolute Gasteiger partial charge is 0.320 e. The first-order valence-electron chi connectivity index (χ1n) is 4.14. The summed E-state index contributed by atoms with van der Waals surface area (Å²) in [6, 6.07) is -0.439. The Balaban J connectivity index is 2.39. The zero-order valence-electron chi connectivity index (χ0n) is 7.23. The van der Waals surface area contributed by atoms with E-state index in [9.17, 15) is 4.79 Å². The molecule has 6 N–H and O–H groups in total. The summed E-state index contributed by atoms with van der Waals surface area (Å²) in [6.07, 6.45) is 1.28. The summed E-state index contributed by atoms with van der Waals surface area (Å²) in [5.74, 6) is -0.760. The second kappa shape index (κ2) is 4.08. The number of aliphatic imine (C=N–C) groups is 1. The molecule has 0 aromatic carbocycles. The van der Waals surface area contributed by atoms with Crippen molar-refractivity contribution in [3.8, 4) is 0 Å². The maximum absolute atomic E-state index is 10.5. The van der Waals surface area contributed by atoms with Crippen LogP contribution in [0.2, 0.25) is 0 Å². The maximum Gasteiger partial charge on any atom is 0.320 e. The molecule has 0 amide bonds. The lowest BCUT2D eigenvalue weighted by molar-refractivity contribution is -0.140. The van der Waals surface area contributed by atoms with Crippen LogP contribution < -0.4 is 16.8 Å². The first-order valence-corrected chi connectivity index (χ1v) is 4.14. The van der Waals surface area contributed by atoms with E-state index in [-0.39, 0.29) is 12.0 Å². The third-order valence-electron chi connectivity index (χ3n) is 2.02. The number of nitrogens with one attached hydrogen (secondary N) is 1. The third kappa shape index (κ3) is 2.90. The van der Waals surface area contributed by atoms with Crippen molar-refractivity contribution in [2.24, 2.45) is 16.5 Å². The summed E-state index contributed by atoms with van der Waals surface area (Å²) in [4.78, 5) is 14.5. The van der Waals surface area contributed by atoms with Gasteiger partial charge in [0.05, 0.1) is 6.04 Å². The Hall–Kier alpha value is -1.30. The van der Waals surface area contributed by atoms with Crippen LogP contribution in [0, 0.1) is 0 Å². The molecule has 0 unspecified atom stereocenters. The van der Waals surface area contributed by atoms with Gasteiger partial charge in [-0.05, 0) is 12.8 Å². The molecule has 0 bridgehead atoms. The van der Waals surface area contributed by atoms with Crippen molar-refractivity contribution in [3.05, 3.63) is 0 Å². The second-order valence-corrected chi connectivity index (χ2v) is 3.08. The fraction of sp³-hybridized carbons (Fsp3) is 0.714. The molecule has 1 rings (SSSR count). The molecule has 13 heavy (non-hydrogen) atoms. The van der Waals surface area contributed by atoms with Crippen LogP contribution in [-0.2, 0) is 4.79 Å². The average Bonchev–Trinajstić information content (AvgIpc) is 2.04. The van der Waals surface area contributed by atoms with Gasteiger partial charge in [-0.2, -0.15) is 0 Å². The molecular formula is C7H14N4O2. The molecule has 1 fully saturated rings. The van der Waals surface area contributed by atoms with Crippen molar-refractivity contribution < 1.29 is 9.90 Å². The first kappa shape index (κ1) is 9.79. The molecule has 1 aliphatic heterocycles. The highest BCUT2D eigenvalue weighted by Gasteiger charge is 2.24. The van der Waals surface area contributed by atoms with Crippen LogP contribution in [0.4, 0.5) is 0 Å². The molecule has 0 spiro atoms. The highest BCUT2D eigenvalue weighted by molar-refractivity contribution is 5.76. The minimum atomic E-state index is -0.817. The van der Waals surface area contributed by atoms with Gasteiger partial charge >= 0.3 is 5.97 Å². The predicted octanol–water partition coefficient (Wildman–Crippen LogP) is -1.53. The van der Waals surface area contributed by atoms with Crippen molar-refractivity contribution in [2.75, 3.05) is 6.54 Å². The van der Waals surface area contributed by atoms with Crippen LogP contribution in [0.5, 0.6) is 0 Å². The van der Waals surface area contributed by atoms with E-state index in [2.05, 4.69) is 10.3 Å². The van der Waals surface area contributed by atoms with Gasteiger partial charge in [-0.1, -0.05) is 0 Å². The predicted molar refractivity (Wildman–Crippen MR) is 48.3 cm³/mol. The van der Waals surface area contributed by atoms with E-state index in [0.29, 0.717) is 19.4 Å². The molecule has 0 saturated carbocycles. The summed E-state index contributed by atoms with van der Waals surface area (Å²) in [5, 5.41) is 11.5. The minimum absolute atomic E-state index is 0.0144. The van der Waals surface area contributed by atoms with E-state index >= 15 is 0 Å². The zero-order valence-corrected chi connectivity index (χ0v) is 7.23. The number of rotatable bonds is 2. The number of guanidine groups is 1. The molecule has 0 aromatic heterocycles. The van der Waals surface area contributed by atoms with E-state index in [0.717, 1.165) is 0 Å². The molecule has 0 radical (unpaired) electrons. The minimum Gasteiger partial charge on any atom is -0.480 e. The number of aliphatic carboxylic acids is 1. The van der Waals surface area contributed by atoms with E-state index in [1.165, 1.54) is 0 Å². The lowest BCUT2D eigenvalue weighted by Crippen LogP contribution is -2.46. The van der Waals surface area contributed by atoms with Crippen molar-refractivity contribution in [3.63, 3.8) is 0 Å². The molecule has 6 heteroatoms. The van der Waals surface area contributed by atoms with Crippen LogP contribution >= 0.6 is 0 Å². The summed E-state index contributed by atoms with van der Waals surface area (Å²) >= 11 is 0. The van der Waals surface area contributed by atoms with Crippen molar-refractivity contribution in [2.45, 2.75) is 24.9 Å². The largest absolute Gasteiger partial charge is 0.480 e. The monoisotopic (exact) mass is 186 g/mol. The number of nitrogens with two attached hydrogens (primary N) is 2. The highest BCUT2D eigenvalue weighted by atomic mass is 16.4. The van der Waals surface area contributed by atoms with Crippen LogP contribution in [-0.4, -0.2) is 35.7 Å². The molecule has 74 valence electrons. The van der Waals surface area contributed by atoms with Gasteiger partial charge in [0.1, 0.15) is 6.04 Å². The first-order chi connectivity index (χ1) is 6.09. The van der Waals surface area contributed by atoms with Gasteiger partial charge in [-0.15, -0.1) is 0 Å². The van der Waals surface area contributed by atoms with E-state index in [1.807, 2.05) is 0 Å². The molecule has 6 nitrogen and oxygen atoms in total. The second-order valence-electron chi connectivity index (χ2n) is 3.08. The third-order valence-corrected chi connectivity index (χ3v) is 2.02. The van der Waals surface area contributed by atoms with Gasteiger partial charge in [0.2, 0.25) is 0 Å². The van der Waals surface area contributed by atoms with E-state index in [4.69, 9.17) is 16.6 Å². The summed E-state index contributed by atoms with van der Waals surface area (Å²) < 4.78 is 0.